The molecule has 3 aromatic rings. The smallest absolute Gasteiger partial charge is 0.768 e. The molecular weight excluding hydrogens is 503 g/mol. The first-order valence-corrected chi connectivity index (χ1v) is 12.9. The summed E-state index contributed by atoms with van der Waals surface area (Å²) in [5.74, 6) is 1.71. The fourth-order valence-electron chi connectivity index (χ4n) is 4.07. The summed E-state index contributed by atoms with van der Waals surface area (Å²) in [7, 11) is 0. The van der Waals surface area contributed by atoms with Crippen molar-refractivity contribution in [2.75, 3.05) is 24.6 Å². The molecule has 9 nitrogen and oxygen atoms in total. The number of aromatic nitrogens is 2. The first kappa shape index (κ1) is 29.1. The third-order valence-corrected chi connectivity index (χ3v) is 6.59. The van der Waals surface area contributed by atoms with Gasteiger partial charge in [0.2, 0.25) is 5.95 Å². The quantitative estimate of drug-likeness (QED) is 0.311. The van der Waals surface area contributed by atoms with Crippen molar-refractivity contribution >= 4 is 22.9 Å². The molecule has 1 N–H and O–H groups in total. The average Bonchev–Trinajstić information content (AvgIpc) is 2.89. The molecular formula is C26H29N4NaO5S. The molecule has 37 heavy (non-hydrogen) atoms. The first-order chi connectivity index (χ1) is 17.4. The molecule has 1 fully saturated rings. The zero-order chi connectivity index (χ0) is 25.5. The molecule has 1 amide bonds. The van der Waals surface area contributed by atoms with E-state index in [-0.39, 0.29) is 53.0 Å². The number of aryl methyl sites for hydroxylation is 1. The maximum atomic E-state index is 12.6. The summed E-state index contributed by atoms with van der Waals surface area (Å²) in [6.07, 6.45) is 4.86. The Balaban J connectivity index is 0.00000380. The number of carbonyl (C=O) groups excluding carboxylic acids is 1. The van der Waals surface area contributed by atoms with Gasteiger partial charge in [0.15, 0.2) is 11.5 Å². The van der Waals surface area contributed by atoms with E-state index in [1.54, 1.807) is 19.1 Å². The molecule has 1 aliphatic rings. The number of piperidine rings is 1. The maximum absolute atomic E-state index is 12.6. The van der Waals surface area contributed by atoms with E-state index in [9.17, 15) is 13.6 Å². The van der Waals surface area contributed by atoms with Gasteiger partial charge in [-0.15, -0.1) is 0 Å². The topological polar surface area (TPSA) is 117 Å². The number of hydrogen-bond donors (Lipinski definition) is 1. The second-order valence-corrected chi connectivity index (χ2v) is 9.43. The number of anilines is 1. The number of carbonyl (C=O) groups is 1. The van der Waals surface area contributed by atoms with E-state index in [4.69, 9.17) is 9.47 Å². The molecule has 1 saturated heterocycles. The molecule has 2 unspecified atom stereocenters. The van der Waals surface area contributed by atoms with Crippen LogP contribution in [0.25, 0.3) is 0 Å². The Morgan fingerprint density at radius 3 is 2.59 bits per heavy atom. The molecule has 11 heteroatoms. The molecule has 1 aliphatic heterocycles. The van der Waals surface area contributed by atoms with Gasteiger partial charge < -0.3 is 24.2 Å². The van der Waals surface area contributed by atoms with Crippen molar-refractivity contribution in [1.82, 2.24) is 15.3 Å². The van der Waals surface area contributed by atoms with Gasteiger partial charge in [-0.05, 0) is 73.2 Å². The number of amides is 1. The summed E-state index contributed by atoms with van der Waals surface area (Å²) >= 11 is -2.28. The van der Waals surface area contributed by atoms with Crippen LogP contribution in [-0.2, 0) is 17.6 Å². The van der Waals surface area contributed by atoms with Crippen molar-refractivity contribution < 1.29 is 52.6 Å². The minimum Gasteiger partial charge on any atom is -0.768 e. The van der Waals surface area contributed by atoms with Crippen LogP contribution < -0.4 is 49.2 Å². The van der Waals surface area contributed by atoms with Crippen LogP contribution in [0.2, 0.25) is 0 Å². The third-order valence-electron chi connectivity index (χ3n) is 5.95. The van der Waals surface area contributed by atoms with Crippen LogP contribution in [0.15, 0.2) is 59.8 Å². The van der Waals surface area contributed by atoms with E-state index in [0.29, 0.717) is 24.7 Å². The molecule has 0 bridgehead atoms. The van der Waals surface area contributed by atoms with Gasteiger partial charge in [-0.1, -0.05) is 18.2 Å². The van der Waals surface area contributed by atoms with Gasteiger partial charge in [-0.3, -0.25) is 9.00 Å². The monoisotopic (exact) mass is 532 g/mol. The third kappa shape index (κ3) is 7.75. The number of para-hydroxylation sites is 2. The van der Waals surface area contributed by atoms with E-state index < -0.39 is 11.1 Å². The molecule has 190 valence electrons. The Kier molecular flexibility index (Phi) is 10.9. The Labute approximate surface area is 241 Å². The van der Waals surface area contributed by atoms with Crippen LogP contribution in [0.4, 0.5) is 5.95 Å². The predicted molar refractivity (Wildman–Crippen MR) is 135 cm³/mol. The second kappa shape index (κ2) is 13.9. The minimum atomic E-state index is -2.28. The van der Waals surface area contributed by atoms with Gasteiger partial charge in [0, 0.05) is 30.4 Å². The molecule has 2 heterocycles. The summed E-state index contributed by atoms with van der Waals surface area (Å²) in [6, 6.07) is 12.4. The molecule has 0 radical (unpaired) electrons. The average molecular weight is 533 g/mol. The van der Waals surface area contributed by atoms with Crippen molar-refractivity contribution in [3.63, 3.8) is 0 Å². The Bertz CT molecular complexity index is 1230. The first-order valence-electron chi connectivity index (χ1n) is 11.9. The molecule has 2 aromatic carbocycles. The Morgan fingerprint density at radius 1 is 1.19 bits per heavy atom. The van der Waals surface area contributed by atoms with E-state index in [1.807, 2.05) is 31.2 Å². The van der Waals surface area contributed by atoms with Crippen LogP contribution in [0.3, 0.4) is 0 Å². The van der Waals surface area contributed by atoms with Crippen LogP contribution in [0.5, 0.6) is 11.5 Å². The summed E-state index contributed by atoms with van der Waals surface area (Å²) in [6.45, 7) is 6.03. The van der Waals surface area contributed by atoms with Crippen LogP contribution in [0, 0.1) is 6.92 Å². The van der Waals surface area contributed by atoms with Crippen molar-refractivity contribution in [1.29, 1.82) is 0 Å². The number of rotatable bonds is 9. The van der Waals surface area contributed by atoms with Crippen LogP contribution in [-0.4, -0.2) is 50.4 Å². The summed E-state index contributed by atoms with van der Waals surface area (Å²) in [4.78, 5) is 23.7. The van der Waals surface area contributed by atoms with E-state index in [1.165, 1.54) is 18.5 Å². The molecule has 2 atom stereocenters. The number of hydrogen-bond acceptors (Lipinski definition) is 8. The summed E-state index contributed by atoms with van der Waals surface area (Å²) in [5, 5.41) is 2.84. The number of nitrogens with zero attached hydrogens (tertiary/aromatic N) is 3. The van der Waals surface area contributed by atoms with Gasteiger partial charge in [0.25, 0.3) is 5.91 Å². The zero-order valence-corrected chi connectivity index (χ0v) is 24.1. The predicted octanol–water partition coefficient (Wildman–Crippen LogP) is 0.404. The summed E-state index contributed by atoms with van der Waals surface area (Å²) in [5.41, 5.74) is 1.97. The normalized spacial score (nSPS) is 15.9. The van der Waals surface area contributed by atoms with E-state index >= 15 is 0 Å². The van der Waals surface area contributed by atoms with Gasteiger partial charge in [-0.2, -0.15) is 0 Å². The van der Waals surface area contributed by atoms with Gasteiger partial charge in [-0.25, -0.2) is 9.97 Å². The molecule has 1 aromatic heterocycles. The second-order valence-electron chi connectivity index (χ2n) is 8.49. The van der Waals surface area contributed by atoms with Crippen molar-refractivity contribution in [2.24, 2.45) is 0 Å². The van der Waals surface area contributed by atoms with Crippen molar-refractivity contribution in [3.8, 4) is 11.5 Å². The number of benzene rings is 2. The SMILES string of the molecule is CCOc1ccccc1OC1CCCN(c2ncc(C(=O)NCc3ccc(S(=O)[O-])cc3C)cn2)C1.[Na+]. The summed E-state index contributed by atoms with van der Waals surface area (Å²) < 4.78 is 34.1. The fourth-order valence-corrected chi connectivity index (χ4v) is 4.52. The van der Waals surface area contributed by atoms with E-state index in [2.05, 4.69) is 20.2 Å². The molecule has 4 rings (SSSR count). The Hall–Kier alpha value is -2.50. The van der Waals surface area contributed by atoms with Gasteiger partial charge in [0.05, 0.1) is 18.7 Å². The van der Waals surface area contributed by atoms with Gasteiger partial charge in [0.1, 0.15) is 6.10 Å². The number of ether oxygens (including phenoxy) is 2. The maximum Gasteiger partial charge on any atom is 1.00 e. The molecule has 0 saturated carbocycles. The van der Waals surface area contributed by atoms with Gasteiger partial charge >= 0.3 is 29.6 Å². The van der Waals surface area contributed by atoms with Crippen molar-refractivity contribution in [2.45, 2.75) is 44.2 Å². The van der Waals surface area contributed by atoms with E-state index in [0.717, 1.165) is 42.0 Å². The Morgan fingerprint density at radius 2 is 1.92 bits per heavy atom. The zero-order valence-electron chi connectivity index (χ0n) is 21.3. The van der Waals surface area contributed by atoms with Crippen LogP contribution >= 0.6 is 0 Å². The number of nitrogens with one attached hydrogen (secondary N) is 1. The molecule has 0 spiro atoms. The largest absolute Gasteiger partial charge is 1.00 e. The van der Waals surface area contributed by atoms with Crippen LogP contribution in [0.1, 0.15) is 41.3 Å². The molecule has 0 aliphatic carbocycles. The fraction of sp³-hybridized carbons (Fsp3) is 0.346. The standard InChI is InChI=1S/C26H30N4O5S.Na/c1-3-34-23-8-4-5-9-24(23)35-21-7-6-12-30(17-21)26-28-15-20(16-29-26)25(31)27-14-19-10-11-22(36(32)33)13-18(19)2;/h4-5,8-11,13,15-16,21H,3,6-7,12,14,17H2,1-2H3,(H,27,31)(H,32,33);/q;+1/p-1. The van der Waals surface area contributed by atoms with Crippen molar-refractivity contribution in [3.05, 3.63) is 71.5 Å². The minimum absolute atomic E-state index is 0.